The Morgan fingerprint density at radius 3 is 1.03 bits per heavy atom. The van der Waals surface area contributed by atoms with Gasteiger partial charge in [0, 0.05) is 12.8 Å². The van der Waals surface area contributed by atoms with E-state index in [-0.39, 0.29) is 18.5 Å². The molecule has 0 aliphatic rings. The molecule has 0 saturated carbocycles. The van der Waals surface area contributed by atoms with Gasteiger partial charge in [0.25, 0.3) is 0 Å². The summed E-state index contributed by atoms with van der Waals surface area (Å²) in [6, 6.07) is -0.547. The van der Waals surface area contributed by atoms with Crippen molar-refractivity contribution >= 4 is 11.9 Å². The summed E-state index contributed by atoms with van der Waals surface area (Å²) in [4.78, 5) is 24.5. The van der Waals surface area contributed by atoms with E-state index in [4.69, 9.17) is 4.74 Å². The van der Waals surface area contributed by atoms with Crippen molar-refractivity contribution in [3.05, 3.63) is 24.3 Å². The fraction of sp³-hybridized carbons (Fsp3) is 0.908. The maximum absolute atomic E-state index is 12.5. The quantitative estimate of drug-likeness (QED) is 0.0320. The second kappa shape index (κ2) is 60.9. The van der Waals surface area contributed by atoms with E-state index in [1.54, 1.807) is 0 Å². The molecule has 0 aromatic carbocycles. The van der Waals surface area contributed by atoms with Crippen LogP contribution >= 0.6 is 0 Å². The molecule has 0 aromatic rings. The van der Waals surface area contributed by atoms with Crippen molar-refractivity contribution in [3.8, 4) is 0 Å². The highest BCUT2D eigenvalue weighted by Crippen LogP contribution is 2.18. The van der Waals surface area contributed by atoms with E-state index in [1.165, 1.54) is 276 Å². The first-order chi connectivity index (χ1) is 35.0. The molecule has 0 aliphatic carbocycles. The number of carbonyl (C=O) groups excluding carboxylic acids is 2. The van der Waals surface area contributed by atoms with Gasteiger partial charge in [-0.2, -0.15) is 0 Å². The number of hydrogen-bond acceptors (Lipinski definition) is 5. The lowest BCUT2D eigenvalue weighted by Crippen LogP contribution is -2.45. The normalized spacial score (nSPS) is 12.7. The molecule has 71 heavy (non-hydrogen) atoms. The Hall–Kier alpha value is -1.66. The number of hydrogen-bond donors (Lipinski definition) is 3. The first kappa shape index (κ1) is 69.3. The molecule has 0 fully saturated rings. The van der Waals surface area contributed by atoms with Crippen LogP contribution in [0.3, 0.4) is 0 Å². The predicted octanol–water partition coefficient (Wildman–Crippen LogP) is 20.2. The van der Waals surface area contributed by atoms with Crippen molar-refractivity contribution in [1.82, 2.24) is 5.32 Å². The molecule has 0 saturated heterocycles. The summed E-state index contributed by atoms with van der Waals surface area (Å²) >= 11 is 0. The van der Waals surface area contributed by atoms with E-state index in [2.05, 4.69) is 43.5 Å². The van der Waals surface area contributed by atoms with Crippen LogP contribution in [0.2, 0.25) is 0 Å². The molecular formula is C65H125NO5. The summed E-state index contributed by atoms with van der Waals surface area (Å²) in [7, 11) is 0. The lowest BCUT2D eigenvalue weighted by molar-refractivity contribution is -0.143. The Kier molecular flexibility index (Phi) is 59.5. The van der Waals surface area contributed by atoms with Crippen molar-refractivity contribution in [1.29, 1.82) is 0 Å². The monoisotopic (exact) mass is 1000 g/mol. The van der Waals surface area contributed by atoms with Gasteiger partial charge in [-0.05, 0) is 77.0 Å². The van der Waals surface area contributed by atoms with E-state index in [0.29, 0.717) is 25.9 Å². The van der Waals surface area contributed by atoms with Gasteiger partial charge in [0.1, 0.15) is 0 Å². The first-order valence-corrected chi connectivity index (χ1v) is 32.1. The van der Waals surface area contributed by atoms with Gasteiger partial charge in [-0.25, -0.2) is 0 Å². The average Bonchev–Trinajstić information content (AvgIpc) is 3.37. The van der Waals surface area contributed by atoms with Crippen LogP contribution in [0.5, 0.6) is 0 Å². The molecular weight excluding hydrogens is 875 g/mol. The Balaban J connectivity index is 3.42. The number of aliphatic hydroxyl groups excluding tert-OH is 2. The fourth-order valence-corrected chi connectivity index (χ4v) is 10.0. The van der Waals surface area contributed by atoms with Crippen LogP contribution in [-0.4, -0.2) is 47.4 Å². The van der Waals surface area contributed by atoms with E-state index >= 15 is 0 Å². The molecule has 0 spiro atoms. The Morgan fingerprint density at radius 1 is 0.380 bits per heavy atom. The molecule has 3 N–H and O–H groups in total. The van der Waals surface area contributed by atoms with Gasteiger partial charge in [0.2, 0.25) is 5.91 Å². The van der Waals surface area contributed by atoms with E-state index in [9.17, 15) is 19.8 Å². The van der Waals surface area contributed by atoms with Gasteiger partial charge in [-0.15, -0.1) is 0 Å². The third kappa shape index (κ3) is 57.5. The van der Waals surface area contributed by atoms with E-state index in [0.717, 1.165) is 44.9 Å². The molecule has 6 heteroatoms. The largest absolute Gasteiger partial charge is 0.466 e. The van der Waals surface area contributed by atoms with Crippen molar-refractivity contribution in [2.75, 3.05) is 13.2 Å². The molecule has 0 aromatic heterocycles. The zero-order valence-electron chi connectivity index (χ0n) is 48.0. The number of unbranched alkanes of at least 4 members (excludes halogenated alkanes) is 45. The van der Waals surface area contributed by atoms with Crippen molar-refractivity contribution in [3.63, 3.8) is 0 Å². The highest BCUT2D eigenvalue weighted by Gasteiger charge is 2.20. The second-order valence-corrected chi connectivity index (χ2v) is 22.1. The van der Waals surface area contributed by atoms with Crippen molar-refractivity contribution < 1.29 is 24.5 Å². The van der Waals surface area contributed by atoms with Crippen LogP contribution in [0.15, 0.2) is 24.3 Å². The third-order valence-electron chi connectivity index (χ3n) is 15.0. The minimum absolute atomic E-state index is 0.000368. The van der Waals surface area contributed by atoms with Crippen LogP contribution < -0.4 is 5.32 Å². The molecule has 0 heterocycles. The molecule has 0 aliphatic heterocycles. The molecule has 0 rings (SSSR count). The van der Waals surface area contributed by atoms with E-state index < -0.39 is 12.1 Å². The van der Waals surface area contributed by atoms with Crippen LogP contribution in [0.25, 0.3) is 0 Å². The zero-order valence-corrected chi connectivity index (χ0v) is 48.0. The minimum atomic E-state index is -0.669. The predicted molar refractivity (Wildman–Crippen MR) is 310 cm³/mol. The number of aliphatic hydroxyl groups is 2. The number of amides is 1. The standard InChI is InChI=1S/C65H125NO5/c1-3-5-7-9-11-13-15-17-18-19-20-25-28-31-34-37-41-45-49-53-57-63(68)62(61-67)66-64(69)58-54-50-46-42-38-35-32-29-26-23-21-22-24-27-30-33-36-40-44-48-52-56-60-71-65(70)59-55-51-47-43-39-16-14-12-10-8-6-4-2/h12,14,23,26,62-63,67-68H,3-11,13,15-22,24-25,27-61H2,1-2H3,(H,66,69)/b14-12-,26-23-. The molecule has 0 bridgehead atoms. The van der Waals surface area contributed by atoms with Crippen molar-refractivity contribution in [2.45, 2.75) is 366 Å². The highest BCUT2D eigenvalue weighted by molar-refractivity contribution is 5.76. The summed E-state index contributed by atoms with van der Waals surface area (Å²) in [6.45, 7) is 4.95. The van der Waals surface area contributed by atoms with Gasteiger partial charge >= 0.3 is 5.97 Å². The molecule has 1 amide bonds. The lowest BCUT2D eigenvalue weighted by Gasteiger charge is -2.22. The van der Waals surface area contributed by atoms with Gasteiger partial charge in [-0.1, -0.05) is 289 Å². The number of carbonyl (C=O) groups is 2. The van der Waals surface area contributed by atoms with Gasteiger partial charge in [-0.3, -0.25) is 9.59 Å². The van der Waals surface area contributed by atoms with Crippen LogP contribution in [0.4, 0.5) is 0 Å². The molecule has 6 nitrogen and oxygen atoms in total. The molecule has 2 atom stereocenters. The Bertz CT molecular complexity index is 1110. The first-order valence-electron chi connectivity index (χ1n) is 32.1. The third-order valence-corrected chi connectivity index (χ3v) is 15.0. The maximum atomic E-state index is 12.5. The minimum Gasteiger partial charge on any atom is -0.466 e. The van der Waals surface area contributed by atoms with Gasteiger partial charge in [0.05, 0.1) is 25.4 Å². The number of nitrogens with one attached hydrogen (secondary N) is 1. The topological polar surface area (TPSA) is 95.9 Å². The Labute approximate surface area is 443 Å². The second-order valence-electron chi connectivity index (χ2n) is 22.1. The molecule has 0 radical (unpaired) electrons. The molecule has 420 valence electrons. The highest BCUT2D eigenvalue weighted by atomic mass is 16.5. The van der Waals surface area contributed by atoms with Crippen molar-refractivity contribution in [2.24, 2.45) is 0 Å². The van der Waals surface area contributed by atoms with Crippen LogP contribution in [0, 0.1) is 0 Å². The average molecular weight is 1000 g/mol. The maximum Gasteiger partial charge on any atom is 0.305 e. The van der Waals surface area contributed by atoms with Crippen LogP contribution in [0.1, 0.15) is 354 Å². The zero-order chi connectivity index (χ0) is 51.4. The number of ether oxygens (including phenoxy) is 1. The molecule has 2 unspecified atom stereocenters. The summed E-state index contributed by atoms with van der Waals surface area (Å²) in [6.07, 6.45) is 74.8. The van der Waals surface area contributed by atoms with E-state index in [1.807, 2.05) is 0 Å². The van der Waals surface area contributed by atoms with Gasteiger partial charge < -0.3 is 20.3 Å². The number of rotatable bonds is 60. The van der Waals surface area contributed by atoms with Crippen LogP contribution in [-0.2, 0) is 14.3 Å². The summed E-state index contributed by atoms with van der Waals surface area (Å²) < 4.78 is 5.46. The SMILES string of the molecule is CCCCC/C=C\CCCCCCCC(=O)OCCCCCCCCCCCCC/C=C\CCCCCCCCCC(=O)NC(CO)C(O)CCCCCCCCCCCCCCCCCCCCCC. The fourth-order valence-electron chi connectivity index (χ4n) is 10.0. The Morgan fingerprint density at radius 2 is 0.662 bits per heavy atom. The smallest absolute Gasteiger partial charge is 0.305 e. The number of allylic oxidation sites excluding steroid dienone is 4. The summed E-state index contributed by atoms with van der Waals surface area (Å²) in [5.74, 6) is -0.0384. The summed E-state index contributed by atoms with van der Waals surface area (Å²) in [5, 5.41) is 23.4. The lowest BCUT2D eigenvalue weighted by atomic mass is 10.0. The summed E-state index contributed by atoms with van der Waals surface area (Å²) in [5.41, 5.74) is 0. The number of esters is 1. The van der Waals surface area contributed by atoms with Gasteiger partial charge in [0.15, 0.2) is 0 Å².